The maximum Gasteiger partial charge on any atom is 0.264 e. The van der Waals surface area contributed by atoms with Crippen molar-refractivity contribution in [3.8, 4) is 0 Å². The molecule has 0 saturated heterocycles. The molecule has 1 atom stereocenters. The smallest absolute Gasteiger partial charge is 0.264 e. The average Bonchev–Trinajstić information content (AvgIpc) is 2.96. The van der Waals surface area contributed by atoms with Gasteiger partial charge in [0.2, 0.25) is 11.8 Å². The molecule has 0 radical (unpaired) electrons. The summed E-state index contributed by atoms with van der Waals surface area (Å²) in [4.78, 5) is 29.1. The van der Waals surface area contributed by atoms with E-state index in [1.807, 2.05) is 19.9 Å². The molecule has 42 heavy (non-hydrogen) atoms. The molecule has 0 unspecified atom stereocenters. The van der Waals surface area contributed by atoms with Crippen LogP contribution in [0.4, 0.5) is 5.69 Å². The number of halogens is 2. The number of hydrogen-bond donors (Lipinski definition) is 1. The molecule has 3 aromatic rings. The van der Waals surface area contributed by atoms with Gasteiger partial charge in [0, 0.05) is 12.6 Å². The molecule has 7 nitrogen and oxygen atoms in total. The Kier molecular flexibility index (Phi) is 10.6. The van der Waals surface area contributed by atoms with Gasteiger partial charge >= 0.3 is 0 Å². The summed E-state index contributed by atoms with van der Waals surface area (Å²) in [6.45, 7) is 4.96. The van der Waals surface area contributed by atoms with Gasteiger partial charge in [-0.15, -0.1) is 0 Å². The molecule has 4 rings (SSSR count). The third-order valence-electron chi connectivity index (χ3n) is 7.56. The van der Waals surface area contributed by atoms with Crippen LogP contribution in [0.1, 0.15) is 55.7 Å². The number of benzene rings is 3. The predicted molar refractivity (Wildman–Crippen MR) is 168 cm³/mol. The number of carbonyl (C=O) groups excluding carboxylic acids is 2. The Morgan fingerprint density at radius 2 is 1.55 bits per heavy atom. The summed E-state index contributed by atoms with van der Waals surface area (Å²) < 4.78 is 29.1. The number of anilines is 1. The number of hydrogen-bond acceptors (Lipinski definition) is 4. The Morgan fingerprint density at radius 3 is 2.17 bits per heavy atom. The standard InChI is InChI=1S/C32H37Cl2N3O4S/c1-22-16-23(2)18-27(17-22)37(42(40,41)28-12-8-5-9-13-28)21-31(38)36(20-25-14-15-29(33)30(34)19-25)24(3)32(39)35-26-10-6-4-7-11-26/h5,8-9,12-19,24,26H,4,6-7,10-11,20-21H2,1-3H3,(H,35,39)/t24-/m0/s1. The van der Waals surface area contributed by atoms with Gasteiger partial charge in [-0.25, -0.2) is 8.42 Å². The molecule has 2 amide bonds. The number of sulfonamides is 1. The number of nitrogens with one attached hydrogen (secondary N) is 1. The molecule has 1 aliphatic rings. The summed E-state index contributed by atoms with van der Waals surface area (Å²) >= 11 is 12.4. The lowest BCUT2D eigenvalue weighted by molar-refractivity contribution is -0.139. The molecular weight excluding hydrogens is 593 g/mol. The van der Waals surface area contributed by atoms with Crippen LogP contribution < -0.4 is 9.62 Å². The minimum absolute atomic E-state index is 0.0427. The number of rotatable bonds is 10. The molecule has 224 valence electrons. The van der Waals surface area contributed by atoms with Crippen molar-refractivity contribution in [2.45, 2.75) is 76.4 Å². The van der Waals surface area contributed by atoms with E-state index in [9.17, 15) is 18.0 Å². The molecule has 1 saturated carbocycles. The molecule has 0 bridgehead atoms. The van der Waals surface area contributed by atoms with Gasteiger partial charge in [-0.05, 0) is 86.7 Å². The molecule has 0 spiro atoms. The normalized spacial score (nSPS) is 14.7. The number of aryl methyl sites for hydroxylation is 2. The van der Waals surface area contributed by atoms with Crippen molar-refractivity contribution < 1.29 is 18.0 Å². The van der Waals surface area contributed by atoms with Crippen LogP contribution in [0.25, 0.3) is 0 Å². The van der Waals surface area contributed by atoms with E-state index in [0.717, 1.165) is 47.5 Å². The van der Waals surface area contributed by atoms with Gasteiger partial charge in [0.25, 0.3) is 10.0 Å². The number of amides is 2. The SMILES string of the molecule is Cc1cc(C)cc(N(CC(=O)N(Cc2ccc(Cl)c(Cl)c2)[C@@H](C)C(=O)NC2CCCCC2)S(=O)(=O)c2ccccc2)c1. The minimum atomic E-state index is -4.12. The largest absolute Gasteiger partial charge is 0.352 e. The molecule has 0 aromatic heterocycles. The zero-order chi connectivity index (χ0) is 30.4. The summed E-state index contributed by atoms with van der Waals surface area (Å²) in [7, 11) is -4.12. The first-order valence-electron chi connectivity index (χ1n) is 14.2. The van der Waals surface area contributed by atoms with Crippen LogP contribution in [0.3, 0.4) is 0 Å². The highest BCUT2D eigenvalue weighted by Crippen LogP contribution is 2.28. The fourth-order valence-electron chi connectivity index (χ4n) is 5.33. The van der Waals surface area contributed by atoms with Gasteiger partial charge in [0.1, 0.15) is 12.6 Å². The lowest BCUT2D eigenvalue weighted by Crippen LogP contribution is -2.53. The molecule has 1 aliphatic carbocycles. The summed E-state index contributed by atoms with van der Waals surface area (Å²) in [6.07, 6.45) is 5.04. The zero-order valence-corrected chi connectivity index (χ0v) is 26.5. The summed E-state index contributed by atoms with van der Waals surface area (Å²) in [5.41, 5.74) is 2.76. The minimum Gasteiger partial charge on any atom is -0.352 e. The Balaban J connectivity index is 1.70. The first-order valence-corrected chi connectivity index (χ1v) is 16.3. The van der Waals surface area contributed by atoms with Crippen molar-refractivity contribution in [1.29, 1.82) is 0 Å². The molecule has 1 N–H and O–H groups in total. The number of carbonyl (C=O) groups is 2. The molecule has 3 aromatic carbocycles. The second-order valence-electron chi connectivity index (χ2n) is 11.0. The van der Waals surface area contributed by atoms with Crippen LogP contribution in [-0.4, -0.2) is 43.8 Å². The highest BCUT2D eigenvalue weighted by Gasteiger charge is 2.33. The van der Waals surface area contributed by atoms with Gasteiger partial charge in [0.15, 0.2) is 0 Å². The van der Waals surface area contributed by atoms with Crippen molar-refractivity contribution in [2.75, 3.05) is 10.8 Å². The summed E-state index contributed by atoms with van der Waals surface area (Å²) in [5.74, 6) is -0.801. The van der Waals surface area contributed by atoms with E-state index < -0.39 is 28.5 Å². The Bertz CT molecular complexity index is 1510. The lowest BCUT2D eigenvalue weighted by Gasteiger charge is -2.33. The zero-order valence-electron chi connectivity index (χ0n) is 24.1. The third-order valence-corrected chi connectivity index (χ3v) is 10.1. The highest BCUT2D eigenvalue weighted by atomic mass is 35.5. The van der Waals surface area contributed by atoms with Crippen molar-refractivity contribution in [3.05, 3.63) is 93.5 Å². The van der Waals surface area contributed by atoms with Crippen LogP contribution >= 0.6 is 23.2 Å². The van der Waals surface area contributed by atoms with Crippen LogP contribution in [0.2, 0.25) is 10.0 Å². The van der Waals surface area contributed by atoms with Crippen molar-refractivity contribution in [3.63, 3.8) is 0 Å². The molecule has 0 aliphatic heterocycles. The first kappa shape index (κ1) is 31.9. The summed E-state index contributed by atoms with van der Waals surface area (Å²) in [6, 6.07) is 17.7. The molecule has 0 heterocycles. The van der Waals surface area contributed by atoms with Gasteiger partial charge in [-0.3, -0.25) is 13.9 Å². The van der Waals surface area contributed by atoms with Crippen LogP contribution in [-0.2, 0) is 26.2 Å². The Morgan fingerprint density at radius 1 is 0.905 bits per heavy atom. The van der Waals surface area contributed by atoms with Crippen LogP contribution in [0, 0.1) is 13.8 Å². The van der Waals surface area contributed by atoms with Crippen molar-refractivity contribution in [1.82, 2.24) is 10.2 Å². The molecular formula is C32H37Cl2N3O4S. The number of nitrogens with zero attached hydrogens (tertiary/aromatic N) is 2. The first-order chi connectivity index (χ1) is 20.0. The van der Waals surface area contributed by atoms with E-state index >= 15 is 0 Å². The van der Waals surface area contributed by atoms with Crippen molar-refractivity contribution >= 4 is 50.7 Å². The van der Waals surface area contributed by atoms with E-state index in [4.69, 9.17) is 23.2 Å². The average molecular weight is 631 g/mol. The van der Waals surface area contributed by atoms with Gasteiger partial charge in [0.05, 0.1) is 20.6 Å². The summed E-state index contributed by atoms with van der Waals surface area (Å²) in [5, 5.41) is 3.80. The predicted octanol–water partition coefficient (Wildman–Crippen LogP) is 6.67. The maximum absolute atomic E-state index is 14.1. The van der Waals surface area contributed by atoms with Crippen LogP contribution in [0.5, 0.6) is 0 Å². The van der Waals surface area contributed by atoms with Crippen LogP contribution in [0.15, 0.2) is 71.6 Å². The van der Waals surface area contributed by atoms with Gasteiger partial charge in [-0.2, -0.15) is 0 Å². The quantitative estimate of drug-likeness (QED) is 0.271. The van der Waals surface area contributed by atoms with E-state index in [2.05, 4.69) is 5.32 Å². The second-order valence-corrected chi connectivity index (χ2v) is 13.6. The molecule has 10 heteroatoms. The van der Waals surface area contributed by atoms with E-state index in [0.29, 0.717) is 21.3 Å². The van der Waals surface area contributed by atoms with E-state index in [1.54, 1.807) is 55.5 Å². The van der Waals surface area contributed by atoms with Crippen molar-refractivity contribution in [2.24, 2.45) is 0 Å². The molecule has 1 fully saturated rings. The van der Waals surface area contributed by atoms with Gasteiger partial charge < -0.3 is 10.2 Å². The fraction of sp³-hybridized carbons (Fsp3) is 0.375. The highest BCUT2D eigenvalue weighted by molar-refractivity contribution is 7.92. The lowest BCUT2D eigenvalue weighted by atomic mass is 9.95. The topological polar surface area (TPSA) is 86.8 Å². The Hall–Kier alpha value is -3.07. The van der Waals surface area contributed by atoms with E-state index in [1.165, 1.54) is 17.0 Å². The Labute approximate surface area is 258 Å². The van der Waals surface area contributed by atoms with E-state index in [-0.39, 0.29) is 23.4 Å². The third kappa shape index (κ3) is 7.85. The fourth-order valence-corrected chi connectivity index (χ4v) is 7.07. The monoisotopic (exact) mass is 629 g/mol. The maximum atomic E-state index is 14.1. The second kappa shape index (κ2) is 13.9. The van der Waals surface area contributed by atoms with Gasteiger partial charge in [-0.1, -0.05) is 72.8 Å².